The van der Waals surface area contributed by atoms with Gasteiger partial charge in [0, 0.05) is 52.0 Å². The second-order valence-corrected chi connectivity index (χ2v) is 7.42. The predicted molar refractivity (Wildman–Crippen MR) is 129 cm³/mol. The molecule has 0 radical (unpaired) electrons. The lowest BCUT2D eigenvalue weighted by Gasteiger charge is -2.17. The van der Waals surface area contributed by atoms with Crippen molar-refractivity contribution in [1.82, 2.24) is 25.3 Å². The number of carbonyl (C=O) groups excluding carboxylic acids is 1. The van der Waals surface area contributed by atoms with E-state index < -0.39 is 0 Å². The normalized spacial score (nSPS) is 12.1. The van der Waals surface area contributed by atoms with E-state index in [2.05, 4.69) is 45.3 Å². The van der Waals surface area contributed by atoms with Gasteiger partial charge in [0.05, 0.1) is 5.69 Å². The minimum absolute atomic E-state index is 0. The average Bonchev–Trinajstić information content (AvgIpc) is 2.98. The van der Waals surface area contributed by atoms with Gasteiger partial charge in [-0.1, -0.05) is 19.1 Å². The van der Waals surface area contributed by atoms with Crippen molar-refractivity contribution < 1.29 is 4.79 Å². The summed E-state index contributed by atoms with van der Waals surface area (Å²) in [5.74, 6) is 1.18. The molecule has 0 aliphatic rings. The summed E-state index contributed by atoms with van der Waals surface area (Å²) >= 11 is 0. The number of halogens is 1. The van der Waals surface area contributed by atoms with Crippen molar-refractivity contribution in [2.45, 2.75) is 33.9 Å². The second kappa shape index (κ2) is 11.8. The summed E-state index contributed by atoms with van der Waals surface area (Å²) in [5.41, 5.74) is 4.01. The molecule has 1 unspecified atom stereocenters. The molecular weight excluding hydrogens is 479 g/mol. The molecular formula is C21H33IN6O. The Morgan fingerprint density at radius 3 is 2.38 bits per heavy atom. The molecule has 0 aliphatic heterocycles. The minimum Gasteiger partial charge on any atom is -0.356 e. The molecule has 8 heteroatoms. The quantitative estimate of drug-likeness (QED) is 0.340. The first-order valence-corrected chi connectivity index (χ1v) is 9.56. The highest BCUT2D eigenvalue weighted by molar-refractivity contribution is 14.0. The Balaban J connectivity index is 0.00000420. The smallest absolute Gasteiger partial charge is 0.253 e. The van der Waals surface area contributed by atoms with Crippen LogP contribution in [-0.4, -0.2) is 54.2 Å². The van der Waals surface area contributed by atoms with E-state index in [0.717, 1.165) is 30.3 Å². The van der Waals surface area contributed by atoms with E-state index >= 15 is 0 Å². The number of aromatic nitrogens is 2. The number of benzene rings is 1. The monoisotopic (exact) mass is 512 g/mol. The van der Waals surface area contributed by atoms with Crippen molar-refractivity contribution in [3.63, 3.8) is 0 Å². The molecule has 0 aliphatic carbocycles. The van der Waals surface area contributed by atoms with Gasteiger partial charge in [0.15, 0.2) is 5.96 Å². The van der Waals surface area contributed by atoms with Crippen LogP contribution in [0.25, 0.3) is 0 Å². The van der Waals surface area contributed by atoms with E-state index in [9.17, 15) is 4.79 Å². The molecule has 0 bridgehead atoms. The lowest BCUT2D eigenvalue weighted by molar-refractivity contribution is 0.0827. The SMILES string of the molecule is CN=C(NCc1ccc(C(=O)N(C)C)cc1)NCC(C)Cn1nc(C)cc1C.I. The van der Waals surface area contributed by atoms with Crippen LogP contribution in [0, 0.1) is 19.8 Å². The number of guanidine groups is 1. The van der Waals surface area contributed by atoms with Crippen molar-refractivity contribution in [1.29, 1.82) is 0 Å². The first-order chi connectivity index (χ1) is 13.3. The van der Waals surface area contributed by atoms with Crippen LogP contribution in [0.5, 0.6) is 0 Å². The minimum atomic E-state index is 0. The molecule has 1 aromatic heterocycles. The average molecular weight is 512 g/mol. The Hall–Kier alpha value is -2.10. The maximum atomic E-state index is 11.9. The Labute approximate surface area is 191 Å². The molecule has 1 heterocycles. The van der Waals surface area contributed by atoms with Crippen molar-refractivity contribution in [3.8, 4) is 0 Å². The topological polar surface area (TPSA) is 74.6 Å². The van der Waals surface area contributed by atoms with Crippen molar-refractivity contribution >= 4 is 35.8 Å². The summed E-state index contributed by atoms with van der Waals surface area (Å²) in [7, 11) is 5.27. The number of nitrogens with one attached hydrogen (secondary N) is 2. The van der Waals surface area contributed by atoms with Gasteiger partial charge in [0.2, 0.25) is 0 Å². The molecule has 2 rings (SSSR count). The van der Waals surface area contributed by atoms with Gasteiger partial charge in [-0.05, 0) is 43.5 Å². The van der Waals surface area contributed by atoms with Crippen LogP contribution in [-0.2, 0) is 13.1 Å². The number of amides is 1. The maximum absolute atomic E-state index is 11.9. The summed E-state index contributed by atoms with van der Waals surface area (Å²) in [6.07, 6.45) is 0. The van der Waals surface area contributed by atoms with Gasteiger partial charge in [-0.25, -0.2) is 0 Å². The number of hydrogen-bond acceptors (Lipinski definition) is 3. The number of aliphatic imine (C=N–C) groups is 1. The van der Waals surface area contributed by atoms with E-state index in [4.69, 9.17) is 0 Å². The van der Waals surface area contributed by atoms with Gasteiger partial charge in [0.1, 0.15) is 0 Å². The van der Waals surface area contributed by atoms with Gasteiger partial charge >= 0.3 is 0 Å². The molecule has 160 valence electrons. The zero-order valence-corrected chi connectivity index (χ0v) is 20.5. The van der Waals surface area contributed by atoms with Crippen LogP contribution in [0.4, 0.5) is 0 Å². The zero-order chi connectivity index (χ0) is 20.7. The molecule has 1 atom stereocenters. The fourth-order valence-corrected chi connectivity index (χ4v) is 2.92. The third-order valence-electron chi connectivity index (χ3n) is 4.50. The molecule has 2 aromatic rings. The highest BCUT2D eigenvalue weighted by Gasteiger charge is 2.09. The number of nitrogens with zero attached hydrogens (tertiary/aromatic N) is 4. The molecule has 0 saturated carbocycles. The van der Waals surface area contributed by atoms with Gasteiger partial charge < -0.3 is 15.5 Å². The van der Waals surface area contributed by atoms with E-state index in [0.29, 0.717) is 18.0 Å². The largest absolute Gasteiger partial charge is 0.356 e. The van der Waals surface area contributed by atoms with Crippen LogP contribution in [0.3, 0.4) is 0 Å². The Morgan fingerprint density at radius 2 is 1.86 bits per heavy atom. The zero-order valence-electron chi connectivity index (χ0n) is 18.2. The molecule has 0 spiro atoms. The molecule has 2 N–H and O–H groups in total. The first kappa shape index (κ1) is 24.9. The van der Waals surface area contributed by atoms with E-state index in [1.807, 2.05) is 31.2 Å². The van der Waals surface area contributed by atoms with Gasteiger partial charge in [0.25, 0.3) is 5.91 Å². The Kier molecular flexibility index (Phi) is 10.1. The number of hydrogen-bond donors (Lipinski definition) is 2. The van der Waals surface area contributed by atoms with Crippen molar-refractivity contribution in [3.05, 3.63) is 52.8 Å². The van der Waals surface area contributed by atoms with Crippen LogP contribution < -0.4 is 10.6 Å². The fourth-order valence-electron chi connectivity index (χ4n) is 2.92. The van der Waals surface area contributed by atoms with Crippen molar-refractivity contribution in [2.24, 2.45) is 10.9 Å². The molecule has 1 aromatic carbocycles. The Bertz CT molecular complexity index is 813. The lowest BCUT2D eigenvalue weighted by Crippen LogP contribution is -2.39. The van der Waals surface area contributed by atoms with Crippen molar-refractivity contribution in [2.75, 3.05) is 27.7 Å². The summed E-state index contributed by atoms with van der Waals surface area (Å²) in [6.45, 7) is 8.59. The fraction of sp³-hybridized carbons (Fsp3) is 0.476. The third-order valence-corrected chi connectivity index (χ3v) is 4.50. The number of carbonyl (C=O) groups is 1. The standard InChI is InChI=1S/C21H32N6O.HI/c1-15(14-27-17(3)11-16(2)25-27)12-23-21(22-4)24-13-18-7-9-19(10-8-18)20(28)26(5)6;/h7-11,15H,12-14H2,1-6H3,(H2,22,23,24);1H. The highest BCUT2D eigenvalue weighted by Crippen LogP contribution is 2.07. The molecule has 7 nitrogen and oxygen atoms in total. The summed E-state index contributed by atoms with van der Waals surface area (Å²) in [4.78, 5) is 17.8. The van der Waals surface area contributed by atoms with E-state index in [1.165, 1.54) is 5.69 Å². The molecule has 0 fully saturated rings. The van der Waals surface area contributed by atoms with Gasteiger partial charge in [-0.3, -0.25) is 14.5 Å². The van der Waals surface area contributed by atoms with Gasteiger partial charge in [-0.2, -0.15) is 5.10 Å². The first-order valence-electron chi connectivity index (χ1n) is 9.56. The van der Waals surface area contributed by atoms with Crippen LogP contribution in [0.1, 0.15) is 34.2 Å². The van der Waals surface area contributed by atoms with E-state index in [-0.39, 0.29) is 29.9 Å². The molecule has 29 heavy (non-hydrogen) atoms. The highest BCUT2D eigenvalue weighted by atomic mass is 127. The number of aryl methyl sites for hydroxylation is 2. The van der Waals surface area contributed by atoms with E-state index in [1.54, 1.807) is 26.0 Å². The molecule has 0 saturated heterocycles. The summed E-state index contributed by atoms with van der Waals surface area (Å²) < 4.78 is 2.05. The molecule has 1 amide bonds. The lowest BCUT2D eigenvalue weighted by atomic mass is 10.1. The van der Waals surface area contributed by atoms with Crippen LogP contribution in [0.2, 0.25) is 0 Å². The van der Waals surface area contributed by atoms with Gasteiger partial charge in [-0.15, -0.1) is 24.0 Å². The second-order valence-electron chi connectivity index (χ2n) is 7.42. The summed E-state index contributed by atoms with van der Waals surface area (Å²) in [6, 6.07) is 9.72. The number of rotatable bonds is 7. The summed E-state index contributed by atoms with van der Waals surface area (Å²) in [5, 5.41) is 11.2. The predicted octanol–water partition coefficient (Wildman–Crippen LogP) is 2.82. The van der Waals surface area contributed by atoms with Crippen LogP contribution >= 0.6 is 24.0 Å². The van der Waals surface area contributed by atoms with Crippen LogP contribution in [0.15, 0.2) is 35.3 Å². The third kappa shape index (κ3) is 7.68. The Morgan fingerprint density at radius 1 is 1.21 bits per heavy atom. The maximum Gasteiger partial charge on any atom is 0.253 e.